The van der Waals surface area contributed by atoms with Crippen molar-refractivity contribution in [2.75, 3.05) is 40.4 Å². The fourth-order valence-corrected chi connectivity index (χ4v) is 2.80. The van der Waals surface area contributed by atoms with Gasteiger partial charge in [-0.2, -0.15) is 0 Å². The van der Waals surface area contributed by atoms with Gasteiger partial charge in [0.05, 0.1) is 13.2 Å². The first kappa shape index (κ1) is 16.5. The van der Waals surface area contributed by atoms with Crippen molar-refractivity contribution in [1.29, 1.82) is 0 Å². The molecule has 1 fully saturated rings. The first-order valence-corrected chi connectivity index (χ1v) is 8.06. The van der Waals surface area contributed by atoms with Crippen molar-refractivity contribution in [3.63, 3.8) is 0 Å². The Kier molecular flexibility index (Phi) is 5.79. The van der Waals surface area contributed by atoms with E-state index in [2.05, 4.69) is 45.5 Å². The number of halogens is 1. The Bertz CT molecular complexity index is 472. The van der Waals surface area contributed by atoms with E-state index in [0.29, 0.717) is 19.7 Å². The zero-order valence-electron chi connectivity index (χ0n) is 12.7. The molecule has 0 radical (unpaired) electrons. The quantitative estimate of drug-likeness (QED) is 0.727. The van der Waals surface area contributed by atoms with Crippen LogP contribution in [0.1, 0.15) is 18.4 Å². The maximum absolute atomic E-state index is 12.1. The number of ether oxygens (including phenoxy) is 1. The summed E-state index contributed by atoms with van der Waals surface area (Å²) in [6, 6.07) is 8.46. The molecule has 0 unspecified atom stereocenters. The fraction of sp³-hybridized carbons (Fsp3) is 0.562. The van der Waals surface area contributed by atoms with Gasteiger partial charge in [0.25, 0.3) is 0 Å². The van der Waals surface area contributed by atoms with Crippen molar-refractivity contribution in [1.82, 2.24) is 10.2 Å². The van der Waals surface area contributed by atoms with E-state index in [9.17, 15) is 4.79 Å². The molecule has 0 atom stereocenters. The second-order valence-electron chi connectivity index (χ2n) is 5.71. The summed E-state index contributed by atoms with van der Waals surface area (Å²) in [6.45, 7) is 2.49. The van der Waals surface area contributed by atoms with E-state index in [4.69, 9.17) is 4.74 Å². The lowest BCUT2D eigenvalue weighted by Gasteiger charge is -2.24. The zero-order chi connectivity index (χ0) is 15.3. The first-order chi connectivity index (χ1) is 10.1. The SMILES string of the molecule is COCCNCC(=O)N(C)CC1(c2ccc(Br)cc2)CC1. The Balaban J connectivity index is 1.85. The van der Waals surface area contributed by atoms with Gasteiger partial charge in [-0.1, -0.05) is 28.1 Å². The van der Waals surface area contributed by atoms with Gasteiger partial charge in [-0.05, 0) is 30.5 Å². The van der Waals surface area contributed by atoms with Crippen LogP contribution in [0.2, 0.25) is 0 Å². The van der Waals surface area contributed by atoms with E-state index in [-0.39, 0.29) is 11.3 Å². The molecule has 1 aliphatic rings. The van der Waals surface area contributed by atoms with Crippen LogP contribution in [0, 0.1) is 0 Å². The Morgan fingerprint density at radius 2 is 2.05 bits per heavy atom. The standard InChI is InChI=1S/C16H23BrN2O2/c1-19(15(20)11-18-9-10-21-2)12-16(7-8-16)13-3-5-14(17)6-4-13/h3-6,18H,7-12H2,1-2H3. The van der Waals surface area contributed by atoms with Gasteiger partial charge in [-0.25, -0.2) is 0 Å². The van der Waals surface area contributed by atoms with Crippen LogP contribution in [-0.4, -0.2) is 51.2 Å². The topological polar surface area (TPSA) is 41.6 Å². The van der Waals surface area contributed by atoms with Crippen molar-refractivity contribution in [3.05, 3.63) is 34.3 Å². The van der Waals surface area contributed by atoms with Crippen molar-refractivity contribution < 1.29 is 9.53 Å². The second-order valence-corrected chi connectivity index (χ2v) is 6.62. The summed E-state index contributed by atoms with van der Waals surface area (Å²) in [5.74, 6) is 0.134. The summed E-state index contributed by atoms with van der Waals surface area (Å²) in [5.41, 5.74) is 1.50. The molecular weight excluding hydrogens is 332 g/mol. The lowest BCUT2D eigenvalue weighted by atomic mass is 9.95. The maximum atomic E-state index is 12.1. The number of benzene rings is 1. The van der Waals surface area contributed by atoms with Crippen molar-refractivity contribution in [2.45, 2.75) is 18.3 Å². The number of carbonyl (C=O) groups excluding carboxylic acids is 1. The molecule has 1 aromatic rings. The van der Waals surface area contributed by atoms with Crippen LogP contribution in [0.3, 0.4) is 0 Å². The van der Waals surface area contributed by atoms with E-state index in [1.807, 2.05) is 11.9 Å². The molecule has 0 bridgehead atoms. The summed E-state index contributed by atoms with van der Waals surface area (Å²) < 4.78 is 6.04. The van der Waals surface area contributed by atoms with E-state index >= 15 is 0 Å². The van der Waals surface area contributed by atoms with Gasteiger partial charge in [0.1, 0.15) is 0 Å². The molecule has 21 heavy (non-hydrogen) atoms. The molecule has 2 rings (SSSR count). The van der Waals surface area contributed by atoms with Crippen molar-refractivity contribution in [3.8, 4) is 0 Å². The van der Waals surface area contributed by atoms with Gasteiger partial charge in [0.2, 0.25) is 5.91 Å². The zero-order valence-corrected chi connectivity index (χ0v) is 14.3. The van der Waals surface area contributed by atoms with Gasteiger partial charge < -0.3 is 15.0 Å². The number of methoxy groups -OCH3 is 1. The molecule has 116 valence electrons. The highest BCUT2D eigenvalue weighted by molar-refractivity contribution is 9.10. The third-order valence-corrected chi connectivity index (χ3v) is 4.56. The highest BCUT2D eigenvalue weighted by Gasteiger charge is 2.45. The average molecular weight is 355 g/mol. The van der Waals surface area contributed by atoms with Gasteiger partial charge in [-0.15, -0.1) is 0 Å². The molecule has 1 saturated carbocycles. The molecule has 1 aliphatic carbocycles. The molecule has 4 nitrogen and oxygen atoms in total. The van der Waals surface area contributed by atoms with Gasteiger partial charge in [0, 0.05) is 37.1 Å². The van der Waals surface area contributed by atoms with Crippen LogP contribution in [0.15, 0.2) is 28.7 Å². The molecule has 0 spiro atoms. The third kappa shape index (κ3) is 4.53. The Hall–Kier alpha value is -0.910. The fourth-order valence-electron chi connectivity index (χ4n) is 2.54. The molecule has 0 aliphatic heterocycles. The minimum absolute atomic E-state index is 0.134. The molecular formula is C16H23BrN2O2. The summed E-state index contributed by atoms with van der Waals surface area (Å²) in [4.78, 5) is 14.0. The normalized spacial score (nSPS) is 15.8. The van der Waals surface area contributed by atoms with Gasteiger partial charge in [0.15, 0.2) is 0 Å². The second kappa shape index (κ2) is 7.38. The van der Waals surface area contributed by atoms with E-state index < -0.39 is 0 Å². The summed E-state index contributed by atoms with van der Waals surface area (Å²) in [6.07, 6.45) is 2.31. The Morgan fingerprint density at radius 1 is 1.38 bits per heavy atom. The van der Waals surface area contributed by atoms with E-state index in [1.54, 1.807) is 7.11 Å². The molecule has 1 aromatic carbocycles. The number of hydrogen-bond donors (Lipinski definition) is 1. The number of amides is 1. The van der Waals surface area contributed by atoms with Crippen LogP contribution in [-0.2, 0) is 14.9 Å². The minimum Gasteiger partial charge on any atom is -0.383 e. The monoisotopic (exact) mass is 354 g/mol. The maximum Gasteiger partial charge on any atom is 0.236 e. The average Bonchev–Trinajstić information content (AvgIpc) is 3.24. The van der Waals surface area contributed by atoms with Crippen LogP contribution < -0.4 is 5.32 Å². The number of nitrogens with zero attached hydrogens (tertiary/aromatic N) is 1. The van der Waals surface area contributed by atoms with Crippen LogP contribution in [0.4, 0.5) is 0 Å². The number of carbonyl (C=O) groups is 1. The van der Waals surface area contributed by atoms with Gasteiger partial charge in [-0.3, -0.25) is 4.79 Å². The molecule has 0 saturated heterocycles. The van der Waals surface area contributed by atoms with E-state index in [0.717, 1.165) is 23.9 Å². The molecule has 0 heterocycles. The number of likely N-dealkylation sites (N-methyl/N-ethyl adjacent to an activating group) is 1. The number of hydrogen-bond acceptors (Lipinski definition) is 3. The lowest BCUT2D eigenvalue weighted by Crippen LogP contribution is -2.40. The van der Waals surface area contributed by atoms with Gasteiger partial charge >= 0.3 is 0 Å². The first-order valence-electron chi connectivity index (χ1n) is 7.27. The Morgan fingerprint density at radius 3 is 2.62 bits per heavy atom. The minimum atomic E-state index is 0.134. The van der Waals surface area contributed by atoms with Crippen LogP contribution >= 0.6 is 15.9 Å². The predicted molar refractivity (Wildman–Crippen MR) is 87.4 cm³/mol. The largest absolute Gasteiger partial charge is 0.383 e. The smallest absolute Gasteiger partial charge is 0.236 e. The highest BCUT2D eigenvalue weighted by atomic mass is 79.9. The lowest BCUT2D eigenvalue weighted by molar-refractivity contribution is -0.129. The van der Waals surface area contributed by atoms with E-state index in [1.165, 1.54) is 5.56 Å². The molecule has 5 heteroatoms. The van der Waals surface area contributed by atoms with Crippen molar-refractivity contribution >= 4 is 21.8 Å². The van der Waals surface area contributed by atoms with Crippen molar-refractivity contribution in [2.24, 2.45) is 0 Å². The summed E-state index contributed by atoms with van der Waals surface area (Å²) in [5, 5.41) is 3.10. The summed E-state index contributed by atoms with van der Waals surface area (Å²) >= 11 is 3.46. The van der Waals surface area contributed by atoms with Crippen LogP contribution in [0.5, 0.6) is 0 Å². The highest BCUT2D eigenvalue weighted by Crippen LogP contribution is 2.48. The molecule has 0 aromatic heterocycles. The third-order valence-electron chi connectivity index (χ3n) is 4.03. The van der Waals surface area contributed by atoms with Crippen LogP contribution in [0.25, 0.3) is 0 Å². The molecule has 1 amide bonds. The molecule has 1 N–H and O–H groups in total. The number of rotatable bonds is 8. The summed E-state index contributed by atoms with van der Waals surface area (Å²) in [7, 11) is 3.55. The Labute approximate surface area is 135 Å². The number of nitrogens with one attached hydrogen (secondary N) is 1. The predicted octanol–water partition coefficient (Wildman–Crippen LogP) is 2.18.